The molecule has 0 heterocycles. The van der Waals surface area contributed by atoms with Gasteiger partial charge in [0.1, 0.15) is 0 Å². The first-order valence-corrected chi connectivity index (χ1v) is 12.1. The van der Waals surface area contributed by atoms with Crippen molar-refractivity contribution in [1.82, 2.24) is 0 Å². The summed E-state index contributed by atoms with van der Waals surface area (Å²) in [7, 11) is 0. The van der Waals surface area contributed by atoms with E-state index in [0.717, 1.165) is 35.5 Å². The second-order valence-electron chi connectivity index (χ2n) is 10.2. The Morgan fingerprint density at radius 1 is 0.519 bits per heavy atom. The van der Waals surface area contributed by atoms with Crippen LogP contribution < -0.4 is 0 Å². The van der Waals surface area contributed by atoms with E-state index in [1.807, 2.05) is 0 Å². The molecule has 3 saturated carbocycles. The molecule has 0 aliphatic heterocycles. The Labute approximate surface area is 174 Å². The Kier molecular flexibility index (Phi) is 14.9. The van der Waals surface area contributed by atoms with E-state index in [4.69, 9.17) is 0 Å². The van der Waals surface area contributed by atoms with Gasteiger partial charge in [-0.3, -0.25) is 0 Å². The molecule has 0 amide bonds. The van der Waals surface area contributed by atoms with Crippen LogP contribution in [0, 0.1) is 35.5 Å². The minimum absolute atomic E-state index is 0. The average molecular weight is 381 g/mol. The van der Waals surface area contributed by atoms with Gasteiger partial charge in [0.25, 0.3) is 0 Å². The van der Waals surface area contributed by atoms with Crippen LogP contribution in [0.4, 0.5) is 0 Å². The van der Waals surface area contributed by atoms with Crippen molar-refractivity contribution in [2.24, 2.45) is 35.5 Å². The van der Waals surface area contributed by atoms with E-state index in [9.17, 15) is 0 Å². The third-order valence-electron chi connectivity index (χ3n) is 7.98. The van der Waals surface area contributed by atoms with Gasteiger partial charge in [-0.25, -0.2) is 0 Å². The zero-order chi connectivity index (χ0) is 18.1. The Balaban J connectivity index is 0.000000500. The van der Waals surface area contributed by atoms with Gasteiger partial charge in [0.2, 0.25) is 0 Å². The molecule has 0 N–H and O–H groups in total. The number of rotatable bonds is 4. The van der Waals surface area contributed by atoms with E-state index in [-0.39, 0.29) is 14.9 Å². The maximum atomic E-state index is 2.43. The highest BCUT2D eigenvalue weighted by atomic mass is 14.3. The minimum atomic E-state index is 0. The van der Waals surface area contributed by atoms with Crippen LogP contribution in [0.1, 0.15) is 139 Å². The van der Waals surface area contributed by atoms with Gasteiger partial charge in [0.15, 0.2) is 0 Å². The van der Waals surface area contributed by atoms with Gasteiger partial charge < -0.3 is 0 Å². The summed E-state index contributed by atoms with van der Waals surface area (Å²) in [4.78, 5) is 0. The van der Waals surface area contributed by atoms with Gasteiger partial charge >= 0.3 is 0 Å². The standard InChI is InChI=1S/C15H28.C10H20.2CH4/c1-12-3-7-14(8-4-12)11-15-9-5-13(2)6-10-15;1-3-9-6-5-7-10(4-2)8-9;;/h12-15H,3-11H2,1-2H3;9-10H,3-8H2,1-2H3;2*1H4. The van der Waals surface area contributed by atoms with Crippen LogP contribution in [0.3, 0.4) is 0 Å². The van der Waals surface area contributed by atoms with E-state index in [0.29, 0.717) is 0 Å². The van der Waals surface area contributed by atoms with Crippen LogP contribution in [0.25, 0.3) is 0 Å². The van der Waals surface area contributed by atoms with Crippen molar-refractivity contribution >= 4 is 0 Å². The van der Waals surface area contributed by atoms with Gasteiger partial charge in [-0.1, -0.05) is 126 Å². The summed E-state index contributed by atoms with van der Waals surface area (Å²) in [6.07, 6.45) is 22.6. The van der Waals surface area contributed by atoms with E-state index < -0.39 is 0 Å². The molecule has 27 heavy (non-hydrogen) atoms. The molecule has 0 aromatic rings. The summed E-state index contributed by atoms with van der Waals surface area (Å²) in [5.74, 6) is 6.37. The maximum Gasteiger partial charge on any atom is -0.0411 e. The fraction of sp³-hybridized carbons (Fsp3) is 1.00. The first-order valence-electron chi connectivity index (χ1n) is 12.1. The van der Waals surface area contributed by atoms with Crippen molar-refractivity contribution in [2.45, 2.75) is 139 Å². The monoisotopic (exact) mass is 380 g/mol. The molecule has 0 saturated heterocycles. The van der Waals surface area contributed by atoms with Gasteiger partial charge in [0.05, 0.1) is 0 Å². The molecule has 3 aliphatic carbocycles. The molecule has 3 rings (SSSR count). The van der Waals surface area contributed by atoms with Crippen LogP contribution >= 0.6 is 0 Å². The lowest BCUT2D eigenvalue weighted by Crippen LogP contribution is -2.19. The normalized spacial score (nSPS) is 36.4. The first-order chi connectivity index (χ1) is 12.1. The van der Waals surface area contributed by atoms with Crippen LogP contribution in [0.2, 0.25) is 0 Å². The lowest BCUT2D eigenvalue weighted by molar-refractivity contribution is 0.201. The molecule has 2 atom stereocenters. The van der Waals surface area contributed by atoms with E-state index in [2.05, 4.69) is 27.7 Å². The third-order valence-corrected chi connectivity index (χ3v) is 7.98. The topological polar surface area (TPSA) is 0 Å². The van der Waals surface area contributed by atoms with Crippen molar-refractivity contribution < 1.29 is 0 Å². The minimum Gasteiger partial charge on any atom is -0.0776 e. The predicted molar refractivity (Wildman–Crippen MR) is 126 cm³/mol. The predicted octanol–water partition coefficient (Wildman–Crippen LogP) is 9.91. The highest BCUT2D eigenvalue weighted by Crippen LogP contribution is 2.38. The molecule has 0 bridgehead atoms. The van der Waals surface area contributed by atoms with Crippen molar-refractivity contribution in [1.29, 1.82) is 0 Å². The fourth-order valence-electron chi connectivity index (χ4n) is 5.74. The van der Waals surface area contributed by atoms with Gasteiger partial charge in [-0.2, -0.15) is 0 Å². The molecule has 2 unspecified atom stereocenters. The fourth-order valence-corrected chi connectivity index (χ4v) is 5.74. The second-order valence-corrected chi connectivity index (χ2v) is 10.2. The Hall–Kier alpha value is 0. The molecular weight excluding hydrogens is 324 g/mol. The SMILES string of the molecule is C.C.CC1CCC(CC2CCC(C)CC2)CC1.CCC1CCCC(CC)C1. The summed E-state index contributed by atoms with van der Waals surface area (Å²) in [5, 5.41) is 0. The first kappa shape index (κ1) is 27.0. The summed E-state index contributed by atoms with van der Waals surface area (Å²) in [6.45, 7) is 9.53. The Morgan fingerprint density at radius 3 is 1.22 bits per heavy atom. The summed E-state index contributed by atoms with van der Waals surface area (Å²) in [6, 6.07) is 0. The zero-order valence-corrected chi connectivity index (χ0v) is 18.1. The summed E-state index contributed by atoms with van der Waals surface area (Å²) in [5.41, 5.74) is 0. The van der Waals surface area contributed by atoms with Crippen molar-refractivity contribution in [2.75, 3.05) is 0 Å². The van der Waals surface area contributed by atoms with Crippen molar-refractivity contribution in [3.63, 3.8) is 0 Å². The molecular formula is C27H56. The van der Waals surface area contributed by atoms with Gasteiger partial charge in [-0.05, 0) is 48.3 Å². The molecule has 0 aromatic carbocycles. The molecule has 3 fully saturated rings. The zero-order valence-electron chi connectivity index (χ0n) is 18.1. The van der Waals surface area contributed by atoms with Gasteiger partial charge in [-0.15, -0.1) is 0 Å². The van der Waals surface area contributed by atoms with Crippen LogP contribution in [0.5, 0.6) is 0 Å². The highest BCUT2D eigenvalue weighted by molar-refractivity contribution is 4.76. The largest absolute Gasteiger partial charge is 0.0776 e. The van der Waals surface area contributed by atoms with E-state index in [1.165, 1.54) is 89.9 Å². The summed E-state index contributed by atoms with van der Waals surface area (Å²) < 4.78 is 0. The lowest BCUT2D eigenvalue weighted by Gasteiger charge is -2.32. The molecule has 0 heteroatoms. The third kappa shape index (κ3) is 10.4. The molecule has 3 aliphatic rings. The quantitative estimate of drug-likeness (QED) is 0.455. The van der Waals surface area contributed by atoms with Gasteiger partial charge in [0, 0.05) is 0 Å². The summed E-state index contributed by atoms with van der Waals surface area (Å²) >= 11 is 0. The van der Waals surface area contributed by atoms with Crippen LogP contribution in [-0.2, 0) is 0 Å². The number of hydrogen-bond donors (Lipinski definition) is 0. The van der Waals surface area contributed by atoms with Crippen LogP contribution in [-0.4, -0.2) is 0 Å². The van der Waals surface area contributed by atoms with E-state index in [1.54, 1.807) is 6.42 Å². The Bertz CT molecular complexity index is 287. The van der Waals surface area contributed by atoms with Crippen LogP contribution in [0.15, 0.2) is 0 Å². The Morgan fingerprint density at radius 2 is 0.889 bits per heavy atom. The highest BCUT2D eigenvalue weighted by Gasteiger charge is 2.24. The number of hydrogen-bond acceptors (Lipinski definition) is 0. The van der Waals surface area contributed by atoms with E-state index >= 15 is 0 Å². The maximum absolute atomic E-state index is 2.43. The lowest BCUT2D eigenvalue weighted by atomic mass is 9.74. The average Bonchev–Trinajstić information content (AvgIpc) is 2.66. The van der Waals surface area contributed by atoms with Crippen molar-refractivity contribution in [3.8, 4) is 0 Å². The second kappa shape index (κ2) is 14.9. The molecule has 0 spiro atoms. The smallest absolute Gasteiger partial charge is 0.0411 e. The van der Waals surface area contributed by atoms with Crippen molar-refractivity contribution in [3.05, 3.63) is 0 Å². The molecule has 164 valence electrons. The molecule has 0 aromatic heterocycles. The molecule has 0 radical (unpaired) electrons. The molecule has 0 nitrogen and oxygen atoms in total.